The van der Waals surface area contributed by atoms with Crippen LogP contribution >= 0.6 is 0 Å². The van der Waals surface area contributed by atoms with Crippen LogP contribution in [0.5, 0.6) is 0 Å². The molecule has 7 rings (SSSR count). The fourth-order valence-corrected chi connectivity index (χ4v) is 7.45. The third kappa shape index (κ3) is 6.26. The van der Waals surface area contributed by atoms with Gasteiger partial charge in [0.15, 0.2) is 0 Å². The molecule has 2 atom stereocenters. The van der Waals surface area contributed by atoms with E-state index < -0.39 is 35.7 Å². The maximum Gasteiger partial charge on any atom is 0.264 e. The number of piperidine rings is 2. The van der Waals surface area contributed by atoms with Gasteiger partial charge in [-0.2, -0.15) is 0 Å². The molecule has 2 aromatic carbocycles. The average Bonchev–Trinajstić information content (AvgIpc) is 3.90. The molecule has 2 unspecified atom stereocenters. The summed E-state index contributed by atoms with van der Waals surface area (Å²) in [4.78, 5) is 84.7. The number of nitrogens with zero attached hydrogens (tertiary/aromatic N) is 4. The SMILES string of the molecule is O=C1CCC(N2C(=O)c3cccc(N4CCC(CN5CCN(C(=O)C(NC(=O)c6ccccc6)C6CC6)CC5)CC4)c3C2=O)C(=O)N1. The number of fused-ring (bicyclic) bond motifs is 1. The molecule has 3 saturated heterocycles. The zero-order valence-electron chi connectivity index (χ0n) is 26.4. The van der Waals surface area contributed by atoms with Gasteiger partial charge in [-0.3, -0.25) is 43.9 Å². The molecule has 12 heteroatoms. The second-order valence-corrected chi connectivity index (χ2v) is 13.4. The number of rotatable bonds is 8. The first-order valence-electron chi connectivity index (χ1n) is 16.7. The predicted octanol–water partition coefficient (Wildman–Crippen LogP) is 1.66. The van der Waals surface area contributed by atoms with Crippen molar-refractivity contribution in [2.24, 2.45) is 11.8 Å². The van der Waals surface area contributed by atoms with Crippen molar-refractivity contribution in [1.82, 2.24) is 25.3 Å². The monoisotopic (exact) mass is 640 g/mol. The van der Waals surface area contributed by atoms with Crippen LogP contribution in [-0.4, -0.2) is 108 Å². The number of imide groups is 2. The highest BCUT2D eigenvalue weighted by molar-refractivity contribution is 6.25. The highest BCUT2D eigenvalue weighted by Gasteiger charge is 2.46. The lowest BCUT2D eigenvalue weighted by Gasteiger charge is -2.40. The van der Waals surface area contributed by atoms with Crippen LogP contribution in [0.15, 0.2) is 48.5 Å². The van der Waals surface area contributed by atoms with Gasteiger partial charge in [0.25, 0.3) is 17.7 Å². The molecule has 246 valence electrons. The highest BCUT2D eigenvalue weighted by atomic mass is 16.2. The van der Waals surface area contributed by atoms with Crippen LogP contribution < -0.4 is 15.5 Å². The number of piperazine rings is 1. The van der Waals surface area contributed by atoms with Crippen LogP contribution in [0.3, 0.4) is 0 Å². The summed E-state index contributed by atoms with van der Waals surface area (Å²) in [7, 11) is 0. The van der Waals surface area contributed by atoms with Gasteiger partial charge < -0.3 is 15.1 Å². The van der Waals surface area contributed by atoms with Gasteiger partial charge in [0.2, 0.25) is 17.7 Å². The lowest BCUT2D eigenvalue weighted by atomic mass is 9.94. The molecular formula is C35H40N6O6. The predicted molar refractivity (Wildman–Crippen MR) is 171 cm³/mol. The first-order valence-corrected chi connectivity index (χ1v) is 16.7. The lowest BCUT2D eigenvalue weighted by Crippen LogP contribution is -2.56. The molecule has 1 saturated carbocycles. The van der Waals surface area contributed by atoms with Gasteiger partial charge in [-0.25, -0.2) is 0 Å². The largest absolute Gasteiger partial charge is 0.371 e. The van der Waals surface area contributed by atoms with E-state index in [1.165, 1.54) is 0 Å². The van der Waals surface area contributed by atoms with E-state index in [0.717, 1.165) is 63.3 Å². The van der Waals surface area contributed by atoms with Crippen LogP contribution in [0.1, 0.15) is 69.6 Å². The van der Waals surface area contributed by atoms with Crippen molar-refractivity contribution in [2.45, 2.75) is 50.6 Å². The number of hydrogen-bond donors (Lipinski definition) is 2. The summed E-state index contributed by atoms with van der Waals surface area (Å²) >= 11 is 0. The molecule has 1 aliphatic carbocycles. The second kappa shape index (κ2) is 12.9. The molecule has 6 amide bonds. The van der Waals surface area contributed by atoms with Gasteiger partial charge >= 0.3 is 0 Å². The Kier molecular flexibility index (Phi) is 8.52. The summed E-state index contributed by atoms with van der Waals surface area (Å²) in [5, 5.41) is 5.26. The first kappa shape index (κ1) is 31.0. The molecule has 2 aromatic rings. The Morgan fingerprint density at radius 1 is 0.809 bits per heavy atom. The van der Waals surface area contributed by atoms with Gasteiger partial charge in [-0.1, -0.05) is 24.3 Å². The maximum absolute atomic E-state index is 13.6. The minimum Gasteiger partial charge on any atom is -0.371 e. The number of benzene rings is 2. The van der Waals surface area contributed by atoms with Crippen molar-refractivity contribution in [3.05, 3.63) is 65.2 Å². The van der Waals surface area contributed by atoms with E-state index in [9.17, 15) is 28.8 Å². The Morgan fingerprint density at radius 2 is 1.53 bits per heavy atom. The van der Waals surface area contributed by atoms with Crippen LogP contribution in [0.25, 0.3) is 0 Å². The Hall–Kier alpha value is -4.58. The van der Waals surface area contributed by atoms with Crippen molar-refractivity contribution in [2.75, 3.05) is 50.7 Å². The molecule has 12 nitrogen and oxygen atoms in total. The van der Waals surface area contributed by atoms with Crippen LogP contribution in [-0.2, 0) is 14.4 Å². The van der Waals surface area contributed by atoms with E-state index in [4.69, 9.17) is 0 Å². The number of carbonyl (C=O) groups is 6. The van der Waals surface area contributed by atoms with Gasteiger partial charge in [-0.15, -0.1) is 0 Å². The third-order valence-corrected chi connectivity index (χ3v) is 10.3. The fraction of sp³-hybridized carbons (Fsp3) is 0.486. The number of carbonyl (C=O) groups excluding carboxylic acids is 6. The number of amides is 6. The molecule has 0 radical (unpaired) electrons. The van der Waals surface area contributed by atoms with Crippen molar-refractivity contribution >= 4 is 41.1 Å². The topological polar surface area (TPSA) is 139 Å². The number of nitrogens with one attached hydrogen (secondary N) is 2. The van der Waals surface area contributed by atoms with E-state index in [2.05, 4.69) is 20.4 Å². The summed E-state index contributed by atoms with van der Waals surface area (Å²) in [5.74, 6) is -1.49. The molecule has 0 spiro atoms. The molecule has 0 aromatic heterocycles. The third-order valence-electron chi connectivity index (χ3n) is 10.3. The lowest BCUT2D eigenvalue weighted by molar-refractivity contribution is -0.137. The second-order valence-electron chi connectivity index (χ2n) is 13.4. The Balaban J connectivity index is 0.913. The molecule has 5 aliphatic rings. The molecule has 4 aliphatic heterocycles. The quantitative estimate of drug-likeness (QED) is 0.416. The van der Waals surface area contributed by atoms with E-state index in [-0.39, 0.29) is 30.6 Å². The Labute approximate surface area is 273 Å². The Bertz CT molecular complexity index is 1590. The Morgan fingerprint density at radius 3 is 2.21 bits per heavy atom. The summed E-state index contributed by atoms with van der Waals surface area (Å²) in [6.45, 7) is 5.26. The average molecular weight is 641 g/mol. The smallest absolute Gasteiger partial charge is 0.264 e. The molecule has 4 heterocycles. The zero-order valence-corrected chi connectivity index (χ0v) is 26.4. The van der Waals surface area contributed by atoms with Gasteiger partial charge in [-0.05, 0) is 68.2 Å². The minimum absolute atomic E-state index is 0.0179. The van der Waals surface area contributed by atoms with Crippen molar-refractivity contribution in [1.29, 1.82) is 0 Å². The standard InChI is InChI=1S/C35H40N6O6/c42-28-12-11-27(32(44)36-28)41-33(45)25-7-4-8-26(29(25)34(41)46)39-15-13-22(14-16-39)21-38-17-19-40(20-18-38)35(47)30(23-9-10-23)37-31(43)24-5-2-1-3-6-24/h1-8,22-23,27,30H,9-21H2,(H,37,43)(H,36,42,44). The van der Waals surface area contributed by atoms with Gasteiger partial charge in [0, 0.05) is 57.8 Å². The highest BCUT2D eigenvalue weighted by Crippen LogP contribution is 2.36. The first-order chi connectivity index (χ1) is 22.8. The minimum atomic E-state index is -0.984. The van der Waals surface area contributed by atoms with Crippen molar-refractivity contribution < 1.29 is 28.8 Å². The van der Waals surface area contributed by atoms with Gasteiger partial charge in [0.1, 0.15) is 12.1 Å². The molecule has 47 heavy (non-hydrogen) atoms. The van der Waals surface area contributed by atoms with E-state index >= 15 is 0 Å². The van der Waals surface area contributed by atoms with Crippen LogP contribution in [0, 0.1) is 11.8 Å². The summed E-state index contributed by atoms with van der Waals surface area (Å²) in [6, 6.07) is 12.8. The van der Waals surface area contributed by atoms with Crippen LogP contribution in [0.4, 0.5) is 5.69 Å². The number of anilines is 1. The maximum atomic E-state index is 13.6. The van der Waals surface area contributed by atoms with E-state index in [0.29, 0.717) is 41.4 Å². The zero-order chi connectivity index (χ0) is 32.7. The van der Waals surface area contributed by atoms with Gasteiger partial charge in [0.05, 0.1) is 16.8 Å². The molecular weight excluding hydrogens is 600 g/mol. The summed E-state index contributed by atoms with van der Waals surface area (Å²) < 4.78 is 0. The molecule has 4 fully saturated rings. The van der Waals surface area contributed by atoms with Crippen molar-refractivity contribution in [3.63, 3.8) is 0 Å². The molecule has 0 bridgehead atoms. The molecule has 2 N–H and O–H groups in total. The summed E-state index contributed by atoms with van der Waals surface area (Å²) in [6.07, 6.45) is 3.99. The van der Waals surface area contributed by atoms with Crippen LogP contribution in [0.2, 0.25) is 0 Å². The number of hydrogen-bond acceptors (Lipinski definition) is 8. The van der Waals surface area contributed by atoms with Crippen molar-refractivity contribution in [3.8, 4) is 0 Å². The van der Waals surface area contributed by atoms with E-state index in [1.807, 2.05) is 29.2 Å². The fourth-order valence-electron chi connectivity index (χ4n) is 7.45. The normalized spacial score (nSPS) is 23.1. The summed E-state index contributed by atoms with van der Waals surface area (Å²) in [5.41, 5.74) is 1.92. The van der Waals surface area contributed by atoms with E-state index in [1.54, 1.807) is 24.3 Å².